The molecule has 0 aromatic heterocycles. The molecule has 0 N–H and O–H groups in total. The molecule has 14 heavy (non-hydrogen) atoms. The zero-order valence-corrected chi connectivity index (χ0v) is 9.15. The quantitative estimate of drug-likeness (QED) is 0.644. The molecule has 1 aromatic carbocycles. The zero-order chi connectivity index (χ0) is 10.1. The largest absolute Gasteiger partial charge is 0.289 e. The highest BCUT2D eigenvalue weighted by atomic mass is 32.2. The average Bonchev–Trinajstić information content (AvgIpc) is 2.32. The summed E-state index contributed by atoms with van der Waals surface area (Å²) in [4.78, 5) is 13.1. The lowest BCUT2D eigenvalue weighted by molar-refractivity contribution is 0.103. The van der Waals surface area contributed by atoms with Crippen LogP contribution in [0.2, 0.25) is 0 Å². The van der Waals surface area contributed by atoms with Crippen LogP contribution >= 0.6 is 11.8 Å². The lowest BCUT2D eigenvalue weighted by atomic mass is 10.0. The number of ketones is 1. The third-order valence-corrected chi connectivity index (χ3v) is 3.77. The number of rotatable bonds is 0. The van der Waals surface area contributed by atoms with Crippen LogP contribution in [0.4, 0.5) is 0 Å². The molecule has 0 unspecified atom stereocenters. The minimum absolute atomic E-state index is 0.183. The standard InChI is InChI=1S/C12H12OS/c1-8-9(2)14-7-10-5-3-4-6-11(10)12(8)13/h3-6H,7H2,1-2H3. The minimum atomic E-state index is 0.183. The van der Waals surface area contributed by atoms with Crippen molar-refractivity contribution in [3.63, 3.8) is 0 Å². The lowest BCUT2D eigenvalue weighted by Crippen LogP contribution is -2.02. The number of Topliss-reactive ketones (excluding diaryl/α,β-unsaturated/α-hetero) is 1. The number of hydrogen-bond acceptors (Lipinski definition) is 2. The summed E-state index contributed by atoms with van der Waals surface area (Å²) in [5.41, 5.74) is 2.91. The van der Waals surface area contributed by atoms with Crippen LogP contribution in [0.15, 0.2) is 34.7 Å². The van der Waals surface area contributed by atoms with Crippen molar-refractivity contribution in [2.75, 3.05) is 0 Å². The van der Waals surface area contributed by atoms with E-state index >= 15 is 0 Å². The van der Waals surface area contributed by atoms with Crippen molar-refractivity contribution in [3.05, 3.63) is 45.9 Å². The van der Waals surface area contributed by atoms with Crippen LogP contribution in [0.25, 0.3) is 0 Å². The van der Waals surface area contributed by atoms with E-state index in [9.17, 15) is 4.79 Å². The summed E-state index contributed by atoms with van der Waals surface area (Å²) in [6.07, 6.45) is 0. The van der Waals surface area contributed by atoms with Gasteiger partial charge in [-0.3, -0.25) is 4.79 Å². The Hall–Kier alpha value is -1.02. The van der Waals surface area contributed by atoms with E-state index in [2.05, 4.69) is 0 Å². The lowest BCUT2D eigenvalue weighted by Gasteiger charge is -2.02. The second kappa shape index (κ2) is 3.62. The van der Waals surface area contributed by atoms with Crippen LogP contribution in [0, 0.1) is 0 Å². The van der Waals surface area contributed by atoms with Crippen molar-refractivity contribution < 1.29 is 4.79 Å². The molecule has 0 aliphatic carbocycles. The first-order valence-electron chi connectivity index (χ1n) is 4.63. The molecule has 1 aliphatic rings. The molecule has 0 atom stereocenters. The third kappa shape index (κ3) is 1.50. The Morgan fingerprint density at radius 1 is 1.21 bits per heavy atom. The molecule has 1 nitrogen and oxygen atoms in total. The summed E-state index contributed by atoms with van der Waals surface area (Å²) >= 11 is 1.75. The van der Waals surface area contributed by atoms with Crippen molar-refractivity contribution in [3.8, 4) is 0 Å². The van der Waals surface area contributed by atoms with Crippen molar-refractivity contribution in [2.45, 2.75) is 19.6 Å². The van der Waals surface area contributed by atoms with Gasteiger partial charge in [0.25, 0.3) is 0 Å². The monoisotopic (exact) mass is 204 g/mol. The van der Waals surface area contributed by atoms with Gasteiger partial charge in [-0.2, -0.15) is 0 Å². The highest BCUT2D eigenvalue weighted by Gasteiger charge is 2.18. The second-order valence-electron chi connectivity index (χ2n) is 3.46. The maximum atomic E-state index is 12.0. The van der Waals surface area contributed by atoms with Gasteiger partial charge < -0.3 is 0 Å². The van der Waals surface area contributed by atoms with E-state index in [-0.39, 0.29) is 5.78 Å². The highest BCUT2D eigenvalue weighted by molar-refractivity contribution is 8.02. The van der Waals surface area contributed by atoms with E-state index in [1.807, 2.05) is 38.1 Å². The van der Waals surface area contributed by atoms with Gasteiger partial charge in [0.15, 0.2) is 5.78 Å². The summed E-state index contributed by atoms with van der Waals surface area (Å²) in [7, 11) is 0. The maximum Gasteiger partial charge on any atom is 0.189 e. The van der Waals surface area contributed by atoms with E-state index in [1.54, 1.807) is 11.8 Å². The summed E-state index contributed by atoms with van der Waals surface area (Å²) in [6, 6.07) is 7.87. The summed E-state index contributed by atoms with van der Waals surface area (Å²) in [6.45, 7) is 3.93. The highest BCUT2D eigenvalue weighted by Crippen LogP contribution is 2.31. The molecule has 2 heteroatoms. The number of carbonyl (C=O) groups excluding carboxylic acids is 1. The SMILES string of the molecule is CC1=C(C)C(=O)c2ccccc2CS1. The first kappa shape index (κ1) is 9.53. The minimum Gasteiger partial charge on any atom is -0.289 e. The Morgan fingerprint density at radius 2 is 1.93 bits per heavy atom. The Morgan fingerprint density at radius 3 is 2.71 bits per heavy atom. The summed E-state index contributed by atoms with van der Waals surface area (Å²) in [5, 5.41) is 0. The van der Waals surface area contributed by atoms with Crippen molar-refractivity contribution in [2.24, 2.45) is 0 Å². The molecule has 1 aliphatic heterocycles. The molecule has 0 saturated carbocycles. The Bertz CT molecular complexity index is 418. The zero-order valence-electron chi connectivity index (χ0n) is 8.33. The van der Waals surface area contributed by atoms with Crippen LogP contribution in [0.3, 0.4) is 0 Å². The smallest absolute Gasteiger partial charge is 0.189 e. The number of carbonyl (C=O) groups is 1. The summed E-state index contributed by atoms with van der Waals surface area (Å²) in [5.74, 6) is 1.09. The van der Waals surface area contributed by atoms with E-state index in [4.69, 9.17) is 0 Å². The van der Waals surface area contributed by atoms with Gasteiger partial charge in [-0.25, -0.2) is 0 Å². The van der Waals surface area contributed by atoms with E-state index < -0.39 is 0 Å². The number of thioether (sulfide) groups is 1. The number of fused-ring (bicyclic) bond motifs is 1. The predicted molar refractivity (Wildman–Crippen MR) is 60.4 cm³/mol. The fourth-order valence-corrected chi connectivity index (χ4v) is 2.46. The molecule has 1 aromatic rings. The van der Waals surface area contributed by atoms with Crippen molar-refractivity contribution in [1.82, 2.24) is 0 Å². The first-order valence-corrected chi connectivity index (χ1v) is 5.61. The topological polar surface area (TPSA) is 17.1 Å². The molecular weight excluding hydrogens is 192 g/mol. The van der Waals surface area contributed by atoms with Crippen LogP contribution in [0.1, 0.15) is 29.8 Å². The van der Waals surface area contributed by atoms with Gasteiger partial charge >= 0.3 is 0 Å². The molecule has 0 radical (unpaired) electrons. The number of allylic oxidation sites excluding steroid dienone is 2. The van der Waals surface area contributed by atoms with Crippen LogP contribution in [0.5, 0.6) is 0 Å². The van der Waals surface area contributed by atoms with Gasteiger partial charge in [0, 0.05) is 16.9 Å². The maximum absolute atomic E-state index is 12.0. The molecule has 0 amide bonds. The molecule has 0 spiro atoms. The fourth-order valence-electron chi connectivity index (χ4n) is 1.52. The Balaban J connectivity index is 2.56. The Kier molecular flexibility index (Phi) is 2.46. The average molecular weight is 204 g/mol. The third-order valence-electron chi connectivity index (χ3n) is 2.57. The molecule has 0 bridgehead atoms. The normalized spacial score (nSPS) is 16.6. The van der Waals surface area contributed by atoms with Crippen molar-refractivity contribution >= 4 is 17.5 Å². The van der Waals surface area contributed by atoms with Crippen LogP contribution < -0.4 is 0 Å². The molecule has 2 rings (SSSR count). The molecule has 0 fully saturated rings. The van der Waals surface area contributed by atoms with Crippen LogP contribution in [-0.4, -0.2) is 5.78 Å². The van der Waals surface area contributed by atoms with Gasteiger partial charge in [0.1, 0.15) is 0 Å². The van der Waals surface area contributed by atoms with Gasteiger partial charge in [-0.1, -0.05) is 24.3 Å². The number of benzene rings is 1. The van der Waals surface area contributed by atoms with Crippen LogP contribution in [-0.2, 0) is 5.75 Å². The first-order chi connectivity index (χ1) is 6.70. The molecule has 1 heterocycles. The van der Waals surface area contributed by atoms with Gasteiger partial charge in [-0.15, -0.1) is 11.8 Å². The van der Waals surface area contributed by atoms with E-state index in [0.29, 0.717) is 0 Å². The second-order valence-corrected chi connectivity index (χ2v) is 4.65. The van der Waals surface area contributed by atoms with Gasteiger partial charge in [0.2, 0.25) is 0 Å². The molecule has 0 saturated heterocycles. The predicted octanol–water partition coefficient (Wildman–Crippen LogP) is 3.41. The van der Waals surface area contributed by atoms with Gasteiger partial charge in [-0.05, 0) is 24.3 Å². The molecule has 72 valence electrons. The van der Waals surface area contributed by atoms with E-state index in [1.165, 1.54) is 0 Å². The molecular formula is C12H12OS. The number of hydrogen-bond donors (Lipinski definition) is 0. The fraction of sp³-hybridized carbons (Fsp3) is 0.250. The van der Waals surface area contributed by atoms with E-state index in [0.717, 1.165) is 27.4 Å². The Labute approximate surface area is 88.2 Å². The van der Waals surface area contributed by atoms with Gasteiger partial charge in [0.05, 0.1) is 0 Å². The summed E-state index contributed by atoms with van der Waals surface area (Å²) < 4.78 is 0. The van der Waals surface area contributed by atoms with Crippen molar-refractivity contribution in [1.29, 1.82) is 0 Å².